The first kappa shape index (κ1) is 10.6. The molecule has 2 amide bonds. The molecular formula is C14H18N2O. The van der Waals surface area contributed by atoms with Crippen LogP contribution >= 0.6 is 0 Å². The molecule has 0 spiro atoms. The van der Waals surface area contributed by atoms with E-state index in [2.05, 4.69) is 18.3 Å². The van der Waals surface area contributed by atoms with E-state index in [0.29, 0.717) is 12.0 Å². The van der Waals surface area contributed by atoms with Crippen LogP contribution < -0.4 is 10.2 Å². The lowest BCUT2D eigenvalue weighted by Crippen LogP contribution is -2.45. The van der Waals surface area contributed by atoms with Crippen LogP contribution in [0.5, 0.6) is 0 Å². The van der Waals surface area contributed by atoms with Gasteiger partial charge < -0.3 is 5.32 Å². The molecule has 1 aromatic rings. The van der Waals surface area contributed by atoms with Crippen molar-refractivity contribution in [3.8, 4) is 0 Å². The summed E-state index contributed by atoms with van der Waals surface area (Å²) in [6.07, 6.45) is 3.34. The number of hydrogen-bond donors (Lipinski definition) is 1. The van der Waals surface area contributed by atoms with E-state index in [-0.39, 0.29) is 6.03 Å². The number of rotatable bonds is 1. The highest BCUT2D eigenvalue weighted by atomic mass is 16.2. The standard InChI is InChI=1S/C14H18N2O/c1-10-8-11-4-2-3-5-13(11)16(9-10)14(17)15-12-6-7-12/h2-5,10,12H,6-9H2,1H3,(H,15,17). The van der Waals surface area contributed by atoms with Crippen LogP contribution in [0.1, 0.15) is 25.3 Å². The van der Waals surface area contributed by atoms with E-state index in [9.17, 15) is 4.79 Å². The average Bonchev–Trinajstić information content (AvgIpc) is 3.11. The van der Waals surface area contributed by atoms with Gasteiger partial charge in [-0.1, -0.05) is 25.1 Å². The minimum Gasteiger partial charge on any atom is -0.335 e. The lowest BCUT2D eigenvalue weighted by atomic mass is 9.94. The Hall–Kier alpha value is -1.51. The number of carbonyl (C=O) groups is 1. The second-order valence-corrected chi connectivity index (χ2v) is 5.27. The van der Waals surface area contributed by atoms with Crippen LogP contribution in [0.2, 0.25) is 0 Å². The lowest BCUT2D eigenvalue weighted by molar-refractivity contribution is 0.244. The highest BCUT2D eigenvalue weighted by Crippen LogP contribution is 2.30. The van der Waals surface area contributed by atoms with Crippen molar-refractivity contribution in [3.05, 3.63) is 29.8 Å². The summed E-state index contributed by atoms with van der Waals surface area (Å²) < 4.78 is 0. The molecule has 2 aliphatic rings. The largest absolute Gasteiger partial charge is 0.335 e. The van der Waals surface area contributed by atoms with Gasteiger partial charge in [-0.05, 0) is 36.8 Å². The molecule has 1 unspecified atom stereocenters. The maximum absolute atomic E-state index is 12.2. The summed E-state index contributed by atoms with van der Waals surface area (Å²) in [7, 11) is 0. The molecule has 3 heteroatoms. The topological polar surface area (TPSA) is 32.3 Å². The van der Waals surface area contributed by atoms with Crippen molar-refractivity contribution in [2.75, 3.05) is 11.4 Å². The molecule has 17 heavy (non-hydrogen) atoms. The lowest BCUT2D eigenvalue weighted by Gasteiger charge is -2.33. The minimum atomic E-state index is 0.0755. The zero-order chi connectivity index (χ0) is 11.8. The molecule has 0 aromatic heterocycles. The van der Waals surface area contributed by atoms with Gasteiger partial charge in [0.25, 0.3) is 0 Å². The zero-order valence-electron chi connectivity index (χ0n) is 10.1. The van der Waals surface area contributed by atoms with E-state index in [1.54, 1.807) is 0 Å². The average molecular weight is 230 g/mol. The first-order valence-corrected chi connectivity index (χ1v) is 6.40. The van der Waals surface area contributed by atoms with Gasteiger partial charge in [-0.3, -0.25) is 4.90 Å². The molecule has 1 aliphatic carbocycles. The van der Waals surface area contributed by atoms with Gasteiger partial charge in [0.1, 0.15) is 0 Å². The normalized spacial score (nSPS) is 23.1. The second kappa shape index (κ2) is 4.06. The van der Waals surface area contributed by atoms with Crippen molar-refractivity contribution >= 4 is 11.7 Å². The molecule has 0 radical (unpaired) electrons. The van der Waals surface area contributed by atoms with Crippen LogP contribution in [-0.2, 0) is 6.42 Å². The van der Waals surface area contributed by atoms with E-state index in [1.165, 1.54) is 5.56 Å². The summed E-state index contributed by atoms with van der Waals surface area (Å²) in [6, 6.07) is 8.73. The number of hydrogen-bond acceptors (Lipinski definition) is 1. The van der Waals surface area contributed by atoms with Crippen molar-refractivity contribution in [1.29, 1.82) is 0 Å². The number of carbonyl (C=O) groups excluding carboxylic acids is 1. The predicted octanol–water partition coefficient (Wildman–Crippen LogP) is 2.56. The van der Waals surface area contributed by atoms with Crippen molar-refractivity contribution in [3.63, 3.8) is 0 Å². The van der Waals surface area contributed by atoms with Crippen LogP contribution in [-0.4, -0.2) is 18.6 Å². The summed E-state index contributed by atoms with van der Waals surface area (Å²) in [6.45, 7) is 3.03. The zero-order valence-corrected chi connectivity index (χ0v) is 10.1. The third-order valence-electron chi connectivity index (χ3n) is 3.50. The first-order valence-electron chi connectivity index (χ1n) is 6.40. The number of urea groups is 1. The van der Waals surface area contributed by atoms with Crippen molar-refractivity contribution in [2.24, 2.45) is 5.92 Å². The molecule has 3 nitrogen and oxygen atoms in total. The van der Waals surface area contributed by atoms with E-state index in [1.807, 2.05) is 23.1 Å². The van der Waals surface area contributed by atoms with Crippen molar-refractivity contribution in [1.82, 2.24) is 5.32 Å². The van der Waals surface area contributed by atoms with E-state index in [0.717, 1.165) is 31.5 Å². The third kappa shape index (κ3) is 2.14. The second-order valence-electron chi connectivity index (χ2n) is 5.27. The number of anilines is 1. The highest BCUT2D eigenvalue weighted by molar-refractivity contribution is 5.93. The number of amides is 2. The Kier molecular flexibility index (Phi) is 2.54. The molecule has 0 bridgehead atoms. The first-order chi connectivity index (χ1) is 8.24. The number of fused-ring (bicyclic) bond motifs is 1. The molecule has 1 heterocycles. The fraction of sp³-hybridized carbons (Fsp3) is 0.500. The van der Waals surface area contributed by atoms with Gasteiger partial charge in [0, 0.05) is 18.3 Å². The Balaban J connectivity index is 1.85. The smallest absolute Gasteiger partial charge is 0.322 e. The fourth-order valence-corrected chi connectivity index (χ4v) is 2.47. The molecule has 3 rings (SSSR count). The van der Waals surface area contributed by atoms with Crippen LogP contribution in [0.3, 0.4) is 0 Å². The van der Waals surface area contributed by atoms with Gasteiger partial charge in [-0.2, -0.15) is 0 Å². The van der Waals surface area contributed by atoms with E-state index < -0.39 is 0 Å². The summed E-state index contributed by atoms with van der Waals surface area (Å²) in [5.41, 5.74) is 2.38. The van der Waals surface area contributed by atoms with E-state index in [4.69, 9.17) is 0 Å². The number of nitrogens with zero attached hydrogens (tertiary/aromatic N) is 1. The molecule has 1 aliphatic heterocycles. The van der Waals surface area contributed by atoms with Crippen LogP contribution in [0, 0.1) is 5.92 Å². The van der Waals surface area contributed by atoms with Crippen LogP contribution in [0.15, 0.2) is 24.3 Å². The predicted molar refractivity (Wildman–Crippen MR) is 68.2 cm³/mol. The Labute approximate surface area is 102 Å². The molecule has 1 N–H and O–H groups in total. The highest BCUT2D eigenvalue weighted by Gasteiger charge is 2.30. The van der Waals surface area contributed by atoms with Gasteiger partial charge in [0.15, 0.2) is 0 Å². The molecule has 1 fully saturated rings. The Bertz CT molecular complexity index is 440. The molecular weight excluding hydrogens is 212 g/mol. The molecule has 1 saturated carbocycles. The Morgan fingerprint density at radius 2 is 2.12 bits per heavy atom. The number of para-hydroxylation sites is 1. The van der Waals surface area contributed by atoms with Gasteiger partial charge in [0.2, 0.25) is 0 Å². The van der Waals surface area contributed by atoms with Crippen LogP contribution in [0.4, 0.5) is 10.5 Å². The number of nitrogens with one attached hydrogen (secondary N) is 1. The summed E-state index contributed by atoms with van der Waals surface area (Å²) in [5, 5.41) is 3.07. The number of benzene rings is 1. The maximum Gasteiger partial charge on any atom is 0.322 e. The monoisotopic (exact) mass is 230 g/mol. The SMILES string of the molecule is CC1Cc2ccccc2N(C(=O)NC2CC2)C1. The molecule has 1 aromatic carbocycles. The maximum atomic E-state index is 12.2. The van der Waals surface area contributed by atoms with Crippen LogP contribution in [0.25, 0.3) is 0 Å². The van der Waals surface area contributed by atoms with Crippen molar-refractivity contribution < 1.29 is 4.79 Å². The Morgan fingerprint density at radius 3 is 2.88 bits per heavy atom. The molecule has 0 saturated heterocycles. The summed E-state index contributed by atoms with van der Waals surface area (Å²) in [5.74, 6) is 0.537. The summed E-state index contributed by atoms with van der Waals surface area (Å²) in [4.78, 5) is 14.1. The van der Waals surface area contributed by atoms with E-state index >= 15 is 0 Å². The summed E-state index contributed by atoms with van der Waals surface area (Å²) >= 11 is 0. The fourth-order valence-electron chi connectivity index (χ4n) is 2.47. The molecule has 1 atom stereocenters. The van der Waals surface area contributed by atoms with Gasteiger partial charge in [-0.25, -0.2) is 4.79 Å². The third-order valence-corrected chi connectivity index (χ3v) is 3.50. The van der Waals surface area contributed by atoms with Gasteiger partial charge in [-0.15, -0.1) is 0 Å². The Morgan fingerprint density at radius 1 is 1.35 bits per heavy atom. The van der Waals surface area contributed by atoms with Crippen molar-refractivity contribution in [2.45, 2.75) is 32.2 Å². The van der Waals surface area contributed by atoms with Gasteiger partial charge >= 0.3 is 6.03 Å². The molecule has 90 valence electrons. The quantitative estimate of drug-likeness (QED) is 0.790. The van der Waals surface area contributed by atoms with Gasteiger partial charge in [0.05, 0.1) is 0 Å². The minimum absolute atomic E-state index is 0.0755.